The average molecular weight is 379 g/mol. The fraction of sp³-hybridized carbons (Fsp3) is 0.533. The molecule has 2 N–H and O–H groups in total. The summed E-state index contributed by atoms with van der Waals surface area (Å²) < 4.78 is 39.4. The summed E-state index contributed by atoms with van der Waals surface area (Å²) in [6.07, 6.45) is -3.87. The molecule has 1 aromatic carbocycles. The molecular weight excluding hydrogens is 361 g/mol. The largest absolute Gasteiger partial charge is 0.393 e. The number of alkyl halides is 3. The molecule has 7 heteroatoms. The van der Waals surface area contributed by atoms with Crippen molar-refractivity contribution in [3.8, 4) is 0 Å². The van der Waals surface area contributed by atoms with E-state index in [1.807, 2.05) is 0 Å². The zero-order chi connectivity index (χ0) is 16.5. The van der Waals surface area contributed by atoms with Crippen molar-refractivity contribution in [2.24, 2.45) is 11.7 Å². The Morgan fingerprint density at radius 1 is 1.32 bits per heavy atom. The van der Waals surface area contributed by atoms with E-state index in [-0.39, 0.29) is 13.0 Å². The quantitative estimate of drug-likeness (QED) is 0.856. The summed E-state index contributed by atoms with van der Waals surface area (Å²) in [5.41, 5.74) is 5.37. The molecule has 122 valence electrons. The highest BCUT2D eigenvalue weighted by Gasteiger charge is 2.45. The van der Waals surface area contributed by atoms with Crippen LogP contribution in [-0.4, -0.2) is 30.1 Å². The first kappa shape index (κ1) is 17.3. The van der Waals surface area contributed by atoms with Gasteiger partial charge in [0.1, 0.15) is 5.54 Å². The number of benzene rings is 1. The Morgan fingerprint density at radius 3 is 2.45 bits per heavy atom. The van der Waals surface area contributed by atoms with Crippen LogP contribution in [0.25, 0.3) is 0 Å². The molecule has 2 atom stereocenters. The van der Waals surface area contributed by atoms with Crippen molar-refractivity contribution in [1.82, 2.24) is 4.90 Å². The van der Waals surface area contributed by atoms with Gasteiger partial charge in [-0.15, -0.1) is 0 Å². The minimum absolute atomic E-state index is 0.0624. The first-order valence-corrected chi connectivity index (χ1v) is 7.82. The van der Waals surface area contributed by atoms with E-state index < -0.39 is 23.5 Å². The van der Waals surface area contributed by atoms with Gasteiger partial charge in [-0.2, -0.15) is 13.2 Å². The lowest BCUT2D eigenvalue weighted by molar-refractivity contribution is -0.189. The topological polar surface area (TPSA) is 46.3 Å². The van der Waals surface area contributed by atoms with Gasteiger partial charge in [0.25, 0.3) is 0 Å². The third-order valence-corrected chi connectivity index (χ3v) is 4.59. The summed E-state index contributed by atoms with van der Waals surface area (Å²) in [6, 6.07) is 6.91. The summed E-state index contributed by atoms with van der Waals surface area (Å²) in [4.78, 5) is 13.8. The molecule has 0 aromatic heterocycles. The van der Waals surface area contributed by atoms with Gasteiger partial charge < -0.3 is 10.6 Å². The number of hydrogen-bond donors (Lipinski definition) is 1. The fourth-order valence-electron chi connectivity index (χ4n) is 2.68. The first-order chi connectivity index (χ1) is 10.1. The second-order valence-corrected chi connectivity index (χ2v) is 6.76. The lowest BCUT2D eigenvalue weighted by Gasteiger charge is -2.38. The Kier molecular flexibility index (Phi) is 4.87. The minimum Gasteiger partial charge on any atom is -0.340 e. The highest BCUT2D eigenvalue weighted by Crippen LogP contribution is 2.34. The molecule has 0 bridgehead atoms. The molecule has 0 radical (unpaired) electrons. The lowest BCUT2D eigenvalue weighted by Crippen LogP contribution is -2.54. The number of nitrogens with zero attached hydrogens (tertiary/aromatic N) is 1. The molecule has 1 heterocycles. The molecule has 1 fully saturated rings. The zero-order valence-corrected chi connectivity index (χ0v) is 13.7. The maximum absolute atomic E-state index is 12.9. The predicted octanol–water partition coefficient (Wildman–Crippen LogP) is 3.42. The maximum Gasteiger partial charge on any atom is 0.393 e. The fourth-order valence-corrected chi connectivity index (χ4v) is 2.94. The van der Waals surface area contributed by atoms with E-state index in [0.29, 0.717) is 18.5 Å². The number of carbonyl (C=O) groups is 1. The standard InChI is InChI=1S/C15H18BrF3N2O/c1-14(20,10-4-6-12(16)7-5-10)13(22)21-8-2-3-11(9-21)15(17,18)19/h4-7,11H,2-3,8-9,20H2,1H3. The van der Waals surface area contributed by atoms with E-state index in [0.717, 1.165) is 4.47 Å². The predicted molar refractivity (Wildman–Crippen MR) is 81.0 cm³/mol. The first-order valence-electron chi connectivity index (χ1n) is 7.03. The summed E-state index contributed by atoms with van der Waals surface area (Å²) in [6.45, 7) is 1.54. The van der Waals surface area contributed by atoms with Crippen LogP contribution in [0.15, 0.2) is 28.7 Å². The molecule has 1 aliphatic heterocycles. The second kappa shape index (κ2) is 6.20. The molecule has 1 amide bonds. The zero-order valence-electron chi connectivity index (χ0n) is 12.2. The van der Waals surface area contributed by atoms with Crippen LogP contribution in [0, 0.1) is 5.92 Å². The van der Waals surface area contributed by atoms with Gasteiger partial charge in [0.2, 0.25) is 5.91 Å². The Balaban J connectivity index is 2.17. The molecule has 0 saturated carbocycles. The summed E-state index contributed by atoms with van der Waals surface area (Å²) >= 11 is 3.29. The SMILES string of the molecule is CC(N)(C(=O)N1CCCC(C(F)(F)F)C1)c1ccc(Br)cc1. The highest BCUT2D eigenvalue weighted by molar-refractivity contribution is 9.10. The molecule has 0 aliphatic carbocycles. The van der Waals surface area contributed by atoms with Gasteiger partial charge in [-0.1, -0.05) is 28.1 Å². The third kappa shape index (κ3) is 3.63. The Bertz CT molecular complexity index is 543. The summed E-state index contributed by atoms with van der Waals surface area (Å²) in [5, 5.41) is 0. The van der Waals surface area contributed by atoms with Crippen molar-refractivity contribution < 1.29 is 18.0 Å². The number of nitrogens with two attached hydrogens (primary N) is 1. The molecule has 2 rings (SSSR count). The van der Waals surface area contributed by atoms with Crippen LogP contribution in [0.5, 0.6) is 0 Å². The number of likely N-dealkylation sites (tertiary alicyclic amines) is 1. The Morgan fingerprint density at radius 2 is 1.91 bits per heavy atom. The molecule has 1 saturated heterocycles. The average Bonchev–Trinajstić information content (AvgIpc) is 2.46. The van der Waals surface area contributed by atoms with Crippen LogP contribution in [-0.2, 0) is 10.3 Å². The lowest BCUT2D eigenvalue weighted by atomic mass is 9.89. The summed E-state index contributed by atoms with van der Waals surface area (Å²) in [7, 11) is 0. The number of rotatable bonds is 2. The van der Waals surface area contributed by atoms with Gasteiger partial charge in [0, 0.05) is 17.6 Å². The minimum atomic E-state index is -4.28. The number of hydrogen-bond acceptors (Lipinski definition) is 2. The van der Waals surface area contributed by atoms with E-state index in [1.165, 1.54) is 11.8 Å². The van der Waals surface area contributed by atoms with Crippen LogP contribution in [0.2, 0.25) is 0 Å². The molecule has 1 aliphatic rings. The van der Waals surface area contributed by atoms with Crippen molar-refractivity contribution in [1.29, 1.82) is 0 Å². The molecular formula is C15H18BrF3N2O. The molecule has 0 spiro atoms. The van der Waals surface area contributed by atoms with Crippen molar-refractivity contribution in [2.75, 3.05) is 13.1 Å². The van der Waals surface area contributed by atoms with Crippen molar-refractivity contribution in [3.63, 3.8) is 0 Å². The van der Waals surface area contributed by atoms with E-state index >= 15 is 0 Å². The van der Waals surface area contributed by atoms with Crippen molar-refractivity contribution in [3.05, 3.63) is 34.3 Å². The number of halogens is 4. The Hall–Kier alpha value is -1.08. The van der Waals surface area contributed by atoms with E-state index in [2.05, 4.69) is 15.9 Å². The highest BCUT2D eigenvalue weighted by atomic mass is 79.9. The second-order valence-electron chi connectivity index (χ2n) is 5.84. The van der Waals surface area contributed by atoms with Crippen LogP contribution in [0.3, 0.4) is 0 Å². The van der Waals surface area contributed by atoms with Gasteiger partial charge >= 0.3 is 6.18 Å². The maximum atomic E-state index is 12.9. The van der Waals surface area contributed by atoms with Gasteiger partial charge in [0.15, 0.2) is 0 Å². The van der Waals surface area contributed by atoms with E-state index in [4.69, 9.17) is 5.73 Å². The summed E-state index contributed by atoms with van der Waals surface area (Å²) in [5.74, 6) is -1.94. The van der Waals surface area contributed by atoms with Crippen molar-refractivity contribution >= 4 is 21.8 Å². The molecule has 22 heavy (non-hydrogen) atoms. The number of amides is 1. The van der Waals surface area contributed by atoms with Crippen LogP contribution in [0.4, 0.5) is 13.2 Å². The monoisotopic (exact) mass is 378 g/mol. The van der Waals surface area contributed by atoms with Crippen LogP contribution < -0.4 is 5.73 Å². The van der Waals surface area contributed by atoms with E-state index in [9.17, 15) is 18.0 Å². The van der Waals surface area contributed by atoms with Gasteiger partial charge in [-0.05, 0) is 37.5 Å². The molecule has 2 unspecified atom stereocenters. The van der Waals surface area contributed by atoms with Gasteiger partial charge in [-0.3, -0.25) is 4.79 Å². The molecule has 1 aromatic rings. The van der Waals surface area contributed by atoms with E-state index in [1.54, 1.807) is 24.3 Å². The molecule has 3 nitrogen and oxygen atoms in total. The van der Waals surface area contributed by atoms with Gasteiger partial charge in [-0.25, -0.2) is 0 Å². The van der Waals surface area contributed by atoms with Crippen molar-refractivity contribution in [2.45, 2.75) is 31.5 Å². The normalized spacial score (nSPS) is 22.3. The van der Waals surface area contributed by atoms with Gasteiger partial charge in [0.05, 0.1) is 5.92 Å². The van der Waals surface area contributed by atoms with Crippen LogP contribution >= 0.6 is 15.9 Å². The number of carbonyl (C=O) groups excluding carboxylic acids is 1. The smallest absolute Gasteiger partial charge is 0.340 e. The Labute approximate surface area is 135 Å². The third-order valence-electron chi connectivity index (χ3n) is 4.06. The van der Waals surface area contributed by atoms with Crippen LogP contribution in [0.1, 0.15) is 25.3 Å². The number of piperidine rings is 1.